The van der Waals surface area contributed by atoms with Crippen LogP contribution in [0.3, 0.4) is 0 Å². The van der Waals surface area contributed by atoms with Crippen molar-refractivity contribution in [3.8, 4) is 5.75 Å². The van der Waals surface area contributed by atoms with Crippen molar-refractivity contribution < 1.29 is 4.74 Å². The van der Waals surface area contributed by atoms with E-state index < -0.39 is 0 Å². The molecule has 3 rings (SSSR count). The minimum Gasteiger partial charge on any atom is -0.484 e. The van der Waals surface area contributed by atoms with Crippen molar-refractivity contribution >= 4 is 39.0 Å². The first kappa shape index (κ1) is 11.8. The van der Waals surface area contributed by atoms with Crippen LogP contribution in [-0.4, -0.2) is 4.98 Å². The van der Waals surface area contributed by atoms with Crippen LogP contribution < -0.4 is 10.1 Å². The molecular formula is C13H10BrClN2O. The number of hydrogen-bond donors (Lipinski definition) is 1. The first-order chi connectivity index (χ1) is 8.65. The van der Waals surface area contributed by atoms with Crippen LogP contribution in [0.15, 0.2) is 34.9 Å². The average Bonchev–Trinajstić information content (AvgIpc) is 2.45. The van der Waals surface area contributed by atoms with Crippen LogP contribution in [0.1, 0.15) is 18.6 Å². The molecule has 1 aliphatic heterocycles. The second-order valence-electron chi connectivity index (χ2n) is 4.08. The molecule has 0 spiro atoms. The van der Waals surface area contributed by atoms with Gasteiger partial charge in [0, 0.05) is 10.7 Å². The van der Waals surface area contributed by atoms with Crippen LogP contribution in [0.5, 0.6) is 5.75 Å². The second-order valence-corrected chi connectivity index (χ2v) is 5.40. The number of anilines is 2. The zero-order valence-corrected chi connectivity index (χ0v) is 11.9. The first-order valence-electron chi connectivity index (χ1n) is 5.53. The molecule has 0 fully saturated rings. The molecular weight excluding hydrogens is 316 g/mol. The van der Waals surface area contributed by atoms with Crippen LogP contribution in [-0.2, 0) is 0 Å². The third-order valence-electron chi connectivity index (χ3n) is 2.84. The van der Waals surface area contributed by atoms with E-state index in [9.17, 15) is 0 Å². The molecule has 0 saturated carbocycles. The van der Waals surface area contributed by atoms with Gasteiger partial charge in [0.25, 0.3) is 0 Å². The average molecular weight is 326 g/mol. The number of aromatic nitrogens is 1. The van der Waals surface area contributed by atoms with E-state index in [1.807, 2.05) is 25.1 Å². The van der Waals surface area contributed by atoms with Gasteiger partial charge in [-0.15, -0.1) is 0 Å². The van der Waals surface area contributed by atoms with Gasteiger partial charge in [-0.05, 0) is 31.2 Å². The molecule has 0 saturated heterocycles. The minimum absolute atomic E-state index is 0.142. The normalized spacial score (nSPS) is 16.9. The van der Waals surface area contributed by atoms with Crippen molar-refractivity contribution in [2.24, 2.45) is 0 Å². The molecule has 1 atom stereocenters. The van der Waals surface area contributed by atoms with Gasteiger partial charge in [-0.3, -0.25) is 0 Å². The lowest BCUT2D eigenvalue weighted by molar-refractivity contribution is 0.231. The molecule has 1 aliphatic rings. The third-order valence-corrected chi connectivity index (χ3v) is 3.66. The van der Waals surface area contributed by atoms with E-state index in [-0.39, 0.29) is 6.10 Å². The highest BCUT2D eigenvalue weighted by Gasteiger charge is 2.23. The monoisotopic (exact) mass is 324 g/mol. The number of fused-ring (bicyclic) bond motifs is 2. The number of nitrogens with zero attached hydrogens (tertiary/aromatic N) is 1. The summed E-state index contributed by atoms with van der Waals surface area (Å²) in [6.45, 7) is 1.96. The lowest BCUT2D eigenvalue weighted by Crippen LogP contribution is -2.03. The predicted octanol–water partition coefficient (Wildman–Crippen LogP) is 4.69. The van der Waals surface area contributed by atoms with Crippen molar-refractivity contribution in [1.82, 2.24) is 4.98 Å². The lowest BCUT2D eigenvalue weighted by Gasteiger charge is -2.14. The number of nitrogens with one attached hydrogen (secondary N) is 1. The Hall–Kier alpha value is -1.26. The van der Waals surface area contributed by atoms with Gasteiger partial charge >= 0.3 is 0 Å². The van der Waals surface area contributed by atoms with E-state index in [0.29, 0.717) is 5.02 Å². The number of hydrogen-bond acceptors (Lipinski definition) is 3. The fourth-order valence-corrected chi connectivity index (χ4v) is 2.68. The first-order valence-corrected chi connectivity index (χ1v) is 6.70. The van der Waals surface area contributed by atoms with E-state index >= 15 is 0 Å². The van der Waals surface area contributed by atoms with Gasteiger partial charge in [0.2, 0.25) is 0 Å². The summed E-state index contributed by atoms with van der Waals surface area (Å²) < 4.78 is 6.89. The SMILES string of the molecule is CC1Oc2ccc(Br)cc2Nc2nccc(Cl)c21. The molecule has 5 heteroatoms. The molecule has 92 valence electrons. The number of rotatable bonds is 0. The van der Waals surface area contributed by atoms with Crippen molar-refractivity contribution in [3.05, 3.63) is 45.5 Å². The Morgan fingerprint density at radius 2 is 2.22 bits per heavy atom. The number of pyridine rings is 1. The van der Waals surface area contributed by atoms with Gasteiger partial charge in [-0.25, -0.2) is 4.98 Å². The maximum atomic E-state index is 6.21. The standard InChI is InChI=1S/C13H10BrClN2O/c1-7-12-9(15)4-5-16-13(12)17-10-6-8(14)2-3-11(10)18-7/h2-7H,1H3,(H,16,17). The Morgan fingerprint density at radius 1 is 1.39 bits per heavy atom. The third kappa shape index (κ3) is 1.95. The largest absolute Gasteiger partial charge is 0.484 e. The quantitative estimate of drug-likeness (QED) is 0.762. The van der Waals surface area contributed by atoms with Crippen LogP contribution >= 0.6 is 27.5 Å². The second kappa shape index (κ2) is 4.44. The molecule has 1 aromatic heterocycles. The Labute approximate surface area is 118 Å². The van der Waals surface area contributed by atoms with Crippen LogP contribution in [0, 0.1) is 0 Å². The van der Waals surface area contributed by atoms with Gasteiger partial charge in [-0.1, -0.05) is 27.5 Å². The Morgan fingerprint density at radius 3 is 3.06 bits per heavy atom. The van der Waals surface area contributed by atoms with Crippen LogP contribution in [0.4, 0.5) is 11.5 Å². The van der Waals surface area contributed by atoms with E-state index in [1.54, 1.807) is 12.3 Å². The fraction of sp³-hybridized carbons (Fsp3) is 0.154. The maximum absolute atomic E-state index is 6.21. The van der Waals surface area contributed by atoms with Crippen LogP contribution in [0.25, 0.3) is 0 Å². The van der Waals surface area contributed by atoms with Gasteiger partial charge in [0.05, 0.1) is 16.3 Å². The Bertz CT molecular complexity index is 618. The van der Waals surface area contributed by atoms with Crippen molar-refractivity contribution in [3.63, 3.8) is 0 Å². The van der Waals surface area contributed by atoms with Gasteiger partial charge in [0.15, 0.2) is 0 Å². The van der Waals surface area contributed by atoms with Crippen molar-refractivity contribution in [2.45, 2.75) is 13.0 Å². The summed E-state index contributed by atoms with van der Waals surface area (Å²) in [5, 5.41) is 3.92. The molecule has 1 N–H and O–H groups in total. The molecule has 0 aliphatic carbocycles. The maximum Gasteiger partial charge on any atom is 0.143 e. The summed E-state index contributed by atoms with van der Waals surface area (Å²) in [7, 11) is 0. The number of halogens is 2. The molecule has 18 heavy (non-hydrogen) atoms. The van der Waals surface area contributed by atoms with E-state index in [2.05, 4.69) is 26.2 Å². The van der Waals surface area contributed by atoms with Gasteiger partial charge in [0.1, 0.15) is 17.7 Å². The summed E-state index contributed by atoms with van der Waals surface area (Å²) in [6, 6.07) is 7.59. The minimum atomic E-state index is -0.142. The highest BCUT2D eigenvalue weighted by atomic mass is 79.9. The molecule has 2 aromatic rings. The summed E-state index contributed by atoms with van der Waals surface area (Å²) in [4.78, 5) is 4.33. The highest BCUT2D eigenvalue weighted by Crippen LogP contribution is 2.41. The highest BCUT2D eigenvalue weighted by molar-refractivity contribution is 9.10. The molecule has 1 aromatic carbocycles. The fourth-order valence-electron chi connectivity index (χ4n) is 2.02. The number of benzene rings is 1. The molecule has 0 bridgehead atoms. The predicted molar refractivity (Wildman–Crippen MR) is 75.7 cm³/mol. The zero-order valence-electron chi connectivity index (χ0n) is 9.58. The lowest BCUT2D eigenvalue weighted by atomic mass is 10.1. The summed E-state index contributed by atoms with van der Waals surface area (Å²) in [6.07, 6.45) is 1.54. The van der Waals surface area contributed by atoms with E-state index in [0.717, 1.165) is 27.3 Å². The molecule has 1 unspecified atom stereocenters. The van der Waals surface area contributed by atoms with Gasteiger partial charge < -0.3 is 10.1 Å². The zero-order chi connectivity index (χ0) is 12.7. The molecule has 2 heterocycles. The summed E-state index contributed by atoms with van der Waals surface area (Å²) >= 11 is 9.66. The van der Waals surface area contributed by atoms with E-state index in [4.69, 9.17) is 16.3 Å². The Balaban J connectivity index is 2.17. The molecule has 0 radical (unpaired) electrons. The molecule has 3 nitrogen and oxygen atoms in total. The topological polar surface area (TPSA) is 34.1 Å². The van der Waals surface area contributed by atoms with E-state index in [1.165, 1.54) is 0 Å². The van der Waals surface area contributed by atoms with Gasteiger partial charge in [-0.2, -0.15) is 0 Å². The Kier molecular flexibility index (Phi) is 2.92. The number of ether oxygens (including phenoxy) is 1. The smallest absolute Gasteiger partial charge is 0.143 e. The molecule has 0 amide bonds. The summed E-state index contributed by atoms with van der Waals surface area (Å²) in [5.41, 5.74) is 1.76. The summed E-state index contributed by atoms with van der Waals surface area (Å²) in [5.74, 6) is 1.53. The van der Waals surface area contributed by atoms with Crippen molar-refractivity contribution in [1.29, 1.82) is 0 Å². The van der Waals surface area contributed by atoms with Crippen molar-refractivity contribution in [2.75, 3.05) is 5.32 Å². The van der Waals surface area contributed by atoms with Crippen LogP contribution in [0.2, 0.25) is 5.02 Å².